The van der Waals surface area contributed by atoms with Crippen LogP contribution in [-0.2, 0) is 12.8 Å². The smallest absolute Gasteiger partial charge is 0.273 e. The van der Waals surface area contributed by atoms with Crippen molar-refractivity contribution in [2.24, 2.45) is 5.92 Å². The molecular weight excluding hydrogens is 385 g/mol. The number of nitrogens with zero attached hydrogens (tertiary/aromatic N) is 3. The number of rotatable bonds is 7. The third-order valence-electron chi connectivity index (χ3n) is 5.81. The van der Waals surface area contributed by atoms with Crippen LogP contribution in [0.1, 0.15) is 41.0 Å². The standard InChI is InChI=1S/C21H26FN7O/c1-24-11-3-5-17-16(12-23)20(27-26-17)25-21(30)19-15-4-2-6-18(15)29(28-19)14-9-7-13(22)8-10-14/h7-10,16-17,20,24,26-27H,2-6,11H2,1H3,(H,25,30). The van der Waals surface area contributed by atoms with Gasteiger partial charge in [0.25, 0.3) is 5.91 Å². The molecule has 0 saturated carbocycles. The minimum absolute atomic E-state index is 0.0314. The highest BCUT2D eigenvalue weighted by molar-refractivity contribution is 5.94. The lowest BCUT2D eigenvalue weighted by Gasteiger charge is -2.17. The van der Waals surface area contributed by atoms with Crippen LogP contribution in [0.25, 0.3) is 5.69 Å². The fourth-order valence-corrected chi connectivity index (χ4v) is 4.27. The molecular formula is C21H26FN7O. The molecule has 8 nitrogen and oxygen atoms in total. The summed E-state index contributed by atoms with van der Waals surface area (Å²) < 4.78 is 15.0. The largest absolute Gasteiger partial charge is 0.333 e. The molecule has 1 aliphatic carbocycles. The molecule has 0 bridgehead atoms. The first kappa shape index (κ1) is 20.5. The molecule has 0 radical (unpaired) electrons. The molecule has 1 saturated heterocycles. The molecule has 9 heteroatoms. The van der Waals surface area contributed by atoms with Crippen molar-refractivity contribution in [3.63, 3.8) is 0 Å². The molecule has 0 spiro atoms. The first-order valence-corrected chi connectivity index (χ1v) is 10.3. The molecule has 4 N–H and O–H groups in total. The minimum atomic E-state index is -0.491. The molecule has 1 aliphatic heterocycles. The summed E-state index contributed by atoms with van der Waals surface area (Å²) in [6.45, 7) is 0.875. The zero-order valence-electron chi connectivity index (χ0n) is 16.9. The van der Waals surface area contributed by atoms with Crippen molar-refractivity contribution in [2.45, 2.75) is 44.3 Å². The van der Waals surface area contributed by atoms with Gasteiger partial charge in [0.05, 0.1) is 17.7 Å². The number of hydrazine groups is 1. The van der Waals surface area contributed by atoms with E-state index in [0.717, 1.165) is 55.6 Å². The molecule has 158 valence electrons. The average molecular weight is 411 g/mol. The summed E-state index contributed by atoms with van der Waals surface area (Å²) in [6, 6.07) is 8.38. The second-order valence-corrected chi connectivity index (χ2v) is 7.76. The third kappa shape index (κ3) is 3.94. The van der Waals surface area contributed by atoms with E-state index in [4.69, 9.17) is 0 Å². The van der Waals surface area contributed by atoms with Crippen molar-refractivity contribution < 1.29 is 9.18 Å². The summed E-state index contributed by atoms with van der Waals surface area (Å²) in [5.74, 6) is -0.991. The minimum Gasteiger partial charge on any atom is -0.333 e. The number of benzene rings is 1. The van der Waals surface area contributed by atoms with Gasteiger partial charge in [-0.1, -0.05) is 0 Å². The number of hydrogen-bond donors (Lipinski definition) is 4. The van der Waals surface area contributed by atoms with Crippen LogP contribution in [0.4, 0.5) is 4.39 Å². The van der Waals surface area contributed by atoms with Gasteiger partial charge in [0, 0.05) is 17.3 Å². The van der Waals surface area contributed by atoms with Crippen LogP contribution in [0.15, 0.2) is 24.3 Å². The van der Waals surface area contributed by atoms with Gasteiger partial charge in [-0.3, -0.25) is 10.2 Å². The lowest BCUT2D eigenvalue weighted by atomic mass is 9.96. The molecule has 2 aromatic rings. The molecule has 2 aliphatic rings. The Morgan fingerprint density at radius 3 is 2.87 bits per heavy atom. The normalized spacial score (nSPS) is 22.6. The number of nitrogens with one attached hydrogen (secondary N) is 4. The van der Waals surface area contributed by atoms with E-state index < -0.39 is 6.17 Å². The van der Waals surface area contributed by atoms with E-state index in [9.17, 15) is 14.4 Å². The monoisotopic (exact) mass is 411 g/mol. The Morgan fingerprint density at radius 2 is 2.13 bits per heavy atom. The van der Waals surface area contributed by atoms with Crippen LogP contribution in [0.2, 0.25) is 0 Å². The second-order valence-electron chi connectivity index (χ2n) is 7.76. The van der Waals surface area contributed by atoms with Crippen molar-refractivity contribution in [3.05, 3.63) is 47.0 Å². The van der Waals surface area contributed by atoms with E-state index in [1.54, 1.807) is 16.8 Å². The summed E-state index contributed by atoms with van der Waals surface area (Å²) in [5, 5.41) is 20.2. The zero-order chi connectivity index (χ0) is 21.1. The lowest BCUT2D eigenvalue weighted by molar-refractivity contribution is 0.0920. The fourth-order valence-electron chi connectivity index (χ4n) is 4.27. The Morgan fingerprint density at radius 1 is 1.33 bits per heavy atom. The van der Waals surface area contributed by atoms with Crippen LogP contribution in [0.5, 0.6) is 0 Å². The van der Waals surface area contributed by atoms with Crippen molar-refractivity contribution in [3.8, 4) is 11.8 Å². The van der Waals surface area contributed by atoms with E-state index in [1.807, 2.05) is 7.05 Å². The molecule has 1 amide bonds. The summed E-state index contributed by atoms with van der Waals surface area (Å²) >= 11 is 0. The maximum absolute atomic E-state index is 13.3. The predicted molar refractivity (Wildman–Crippen MR) is 109 cm³/mol. The topological polar surface area (TPSA) is 107 Å². The van der Waals surface area contributed by atoms with Crippen LogP contribution < -0.4 is 21.5 Å². The molecule has 1 aromatic carbocycles. The van der Waals surface area contributed by atoms with Gasteiger partial charge in [0.15, 0.2) is 5.69 Å². The van der Waals surface area contributed by atoms with E-state index in [2.05, 4.69) is 32.7 Å². The number of hydrogen-bond acceptors (Lipinski definition) is 6. The Kier molecular flexibility index (Phi) is 6.08. The molecule has 3 unspecified atom stereocenters. The molecule has 3 atom stereocenters. The Hall–Kier alpha value is -2.80. The summed E-state index contributed by atoms with van der Waals surface area (Å²) in [5.41, 5.74) is 9.22. The molecule has 4 rings (SSSR count). The predicted octanol–water partition coefficient (Wildman–Crippen LogP) is 1.17. The molecule has 1 aromatic heterocycles. The van der Waals surface area contributed by atoms with Gasteiger partial charge in [0.1, 0.15) is 12.0 Å². The third-order valence-corrected chi connectivity index (χ3v) is 5.81. The van der Waals surface area contributed by atoms with E-state index in [1.165, 1.54) is 12.1 Å². The van der Waals surface area contributed by atoms with Crippen LogP contribution in [0, 0.1) is 23.1 Å². The first-order chi connectivity index (χ1) is 14.6. The van der Waals surface area contributed by atoms with Gasteiger partial charge >= 0.3 is 0 Å². The van der Waals surface area contributed by atoms with Crippen LogP contribution >= 0.6 is 0 Å². The lowest BCUT2D eigenvalue weighted by Crippen LogP contribution is -2.47. The number of carbonyl (C=O) groups is 1. The van der Waals surface area contributed by atoms with E-state index in [-0.39, 0.29) is 23.7 Å². The maximum Gasteiger partial charge on any atom is 0.273 e. The van der Waals surface area contributed by atoms with Crippen LogP contribution in [-0.4, -0.2) is 41.5 Å². The van der Waals surface area contributed by atoms with Crippen molar-refractivity contribution in [1.29, 1.82) is 5.26 Å². The second kappa shape index (κ2) is 8.92. The van der Waals surface area contributed by atoms with Gasteiger partial charge in [-0.15, -0.1) is 0 Å². The van der Waals surface area contributed by atoms with Gasteiger partial charge < -0.3 is 10.6 Å². The summed E-state index contributed by atoms with van der Waals surface area (Å²) in [6.07, 6.45) is 3.83. The van der Waals surface area contributed by atoms with Crippen molar-refractivity contribution >= 4 is 5.91 Å². The van der Waals surface area contributed by atoms with Gasteiger partial charge in [-0.25, -0.2) is 14.5 Å². The number of amides is 1. The average Bonchev–Trinajstić information content (AvgIpc) is 3.44. The number of fused-ring (bicyclic) bond motifs is 1. The van der Waals surface area contributed by atoms with Crippen LogP contribution in [0.3, 0.4) is 0 Å². The van der Waals surface area contributed by atoms with Gasteiger partial charge in [-0.05, 0) is 70.0 Å². The number of nitriles is 1. The Balaban J connectivity index is 1.51. The quantitative estimate of drug-likeness (QED) is 0.510. The highest BCUT2D eigenvalue weighted by atomic mass is 19.1. The molecule has 30 heavy (non-hydrogen) atoms. The van der Waals surface area contributed by atoms with E-state index >= 15 is 0 Å². The number of halogens is 1. The molecule has 1 fully saturated rings. The number of carbonyl (C=O) groups excluding carboxylic acids is 1. The Labute approximate surface area is 174 Å². The van der Waals surface area contributed by atoms with E-state index in [0.29, 0.717) is 5.69 Å². The number of aromatic nitrogens is 2. The summed E-state index contributed by atoms with van der Waals surface area (Å²) in [4.78, 5) is 13.1. The maximum atomic E-state index is 13.3. The zero-order valence-corrected chi connectivity index (χ0v) is 16.9. The SMILES string of the molecule is CNCCCC1NNC(NC(=O)c2nn(-c3ccc(F)cc3)c3c2CCC3)C1C#N. The van der Waals surface area contributed by atoms with Gasteiger partial charge in [-0.2, -0.15) is 10.4 Å². The summed E-state index contributed by atoms with van der Waals surface area (Å²) in [7, 11) is 1.90. The van der Waals surface area contributed by atoms with Crippen molar-refractivity contribution in [1.82, 2.24) is 31.3 Å². The molecule has 2 heterocycles. The van der Waals surface area contributed by atoms with Gasteiger partial charge in [0.2, 0.25) is 0 Å². The Bertz CT molecular complexity index is 949. The highest BCUT2D eigenvalue weighted by Crippen LogP contribution is 2.28. The highest BCUT2D eigenvalue weighted by Gasteiger charge is 2.37. The van der Waals surface area contributed by atoms with Crippen molar-refractivity contribution in [2.75, 3.05) is 13.6 Å². The first-order valence-electron chi connectivity index (χ1n) is 10.3. The fraction of sp³-hybridized carbons (Fsp3) is 0.476.